The van der Waals surface area contributed by atoms with Crippen molar-refractivity contribution in [2.45, 2.75) is 33.5 Å². The molecule has 0 heterocycles. The van der Waals surface area contributed by atoms with Crippen molar-refractivity contribution in [1.29, 1.82) is 0 Å². The van der Waals surface area contributed by atoms with Gasteiger partial charge in [0.1, 0.15) is 0 Å². The summed E-state index contributed by atoms with van der Waals surface area (Å²) in [6.45, 7) is 4.45. The molecule has 0 aromatic heterocycles. The van der Waals surface area contributed by atoms with E-state index in [2.05, 4.69) is 12.5 Å². The fourth-order valence-electron chi connectivity index (χ4n) is 1.45. The van der Waals surface area contributed by atoms with Crippen molar-refractivity contribution in [3.8, 4) is 11.8 Å². The zero-order valence-corrected chi connectivity index (χ0v) is 10.7. The second kappa shape index (κ2) is 8.35. The standard InChI is InChI=1S/C14H20O4/c1-5-9-11-14(10-6-2,12(15)17-7-3)13(16)18-8-4/h6H,2,7-8,10-11H2,1,3-4H3/i1D3. The van der Waals surface area contributed by atoms with Crippen LogP contribution >= 0.6 is 0 Å². The van der Waals surface area contributed by atoms with Gasteiger partial charge in [0, 0.05) is 10.5 Å². The Labute approximate surface area is 113 Å². The van der Waals surface area contributed by atoms with Crippen molar-refractivity contribution < 1.29 is 23.2 Å². The molecule has 0 aliphatic carbocycles. The normalized spacial score (nSPS) is 13.1. The molecule has 0 radical (unpaired) electrons. The van der Waals surface area contributed by atoms with Crippen molar-refractivity contribution in [1.82, 2.24) is 0 Å². The Kier molecular flexibility index (Phi) is 5.26. The Morgan fingerprint density at radius 2 is 1.89 bits per heavy atom. The van der Waals surface area contributed by atoms with Crippen LogP contribution in [-0.2, 0) is 19.1 Å². The number of carbonyl (C=O) groups excluding carboxylic acids is 2. The second-order valence-electron chi connectivity index (χ2n) is 3.49. The highest BCUT2D eigenvalue weighted by Crippen LogP contribution is 2.30. The summed E-state index contributed by atoms with van der Waals surface area (Å²) in [5.74, 6) is 2.82. The first-order valence-corrected chi connectivity index (χ1v) is 5.69. The van der Waals surface area contributed by atoms with Crippen LogP contribution in [0.3, 0.4) is 0 Å². The van der Waals surface area contributed by atoms with Gasteiger partial charge in [-0.25, -0.2) is 0 Å². The van der Waals surface area contributed by atoms with Gasteiger partial charge in [-0.1, -0.05) is 6.08 Å². The van der Waals surface area contributed by atoms with Gasteiger partial charge in [-0.05, 0) is 27.1 Å². The third-order valence-corrected chi connectivity index (χ3v) is 2.30. The van der Waals surface area contributed by atoms with Crippen LogP contribution in [0.15, 0.2) is 12.7 Å². The van der Waals surface area contributed by atoms with Crippen LogP contribution in [-0.4, -0.2) is 25.2 Å². The number of hydrogen-bond donors (Lipinski definition) is 0. The molecule has 0 saturated carbocycles. The summed E-state index contributed by atoms with van der Waals surface area (Å²) in [5.41, 5.74) is -1.67. The van der Waals surface area contributed by atoms with Gasteiger partial charge in [0.15, 0.2) is 5.41 Å². The maximum Gasteiger partial charge on any atom is 0.324 e. The number of ether oxygens (including phenoxy) is 2. The van der Waals surface area contributed by atoms with Crippen LogP contribution in [0.5, 0.6) is 0 Å². The van der Waals surface area contributed by atoms with Crippen molar-refractivity contribution in [3.05, 3.63) is 12.7 Å². The number of allylic oxidation sites excluding steroid dienone is 1. The number of carbonyl (C=O) groups is 2. The van der Waals surface area contributed by atoms with Gasteiger partial charge in [0.25, 0.3) is 0 Å². The Balaban J connectivity index is 5.55. The lowest BCUT2D eigenvalue weighted by Gasteiger charge is -2.26. The maximum atomic E-state index is 12.1. The highest BCUT2D eigenvalue weighted by Gasteiger charge is 2.47. The third kappa shape index (κ3) is 3.92. The van der Waals surface area contributed by atoms with E-state index in [1.165, 1.54) is 6.08 Å². The van der Waals surface area contributed by atoms with Crippen molar-refractivity contribution in [3.63, 3.8) is 0 Å². The summed E-state index contributed by atoms with van der Waals surface area (Å²) in [6, 6.07) is 0. The molecule has 0 aliphatic rings. The molecule has 0 rings (SSSR count). The van der Waals surface area contributed by atoms with E-state index >= 15 is 0 Å². The number of rotatable bonds is 7. The Morgan fingerprint density at radius 3 is 2.28 bits per heavy atom. The van der Waals surface area contributed by atoms with Crippen molar-refractivity contribution >= 4 is 11.9 Å². The third-order valence-electron chi connectivity index (χ3n) is 2.30. The Bertz CT molecular complexity index is 425. The van der Waals surface area contributed by atoms with Gasteiger partial charge in [-0.15, -0.1) is 18.4 Å². The molecule has 0 amide bonds. The molecule has 0 fully saturated rings. The minimum absolute atomic E-state index is 0.0413. The van der Waals surface area contributed by atoms with Crippen LogP contribution in [0.25, 0.3) is 0 Å². The van der Waals surface area contributed by atoms with E-state index in [0.717, 1.165) is 0 Å². The molecule has 0 atom stereocenters. The first-order valence-electron chi connectivity index (χ1n) is 7.19. The summed E-state index contributed by atoms with van der Waals surface area (Å²) in [7, 11) is 0. The van der Waals surface area contributed by atoms with Gasteiger partial charge in [-0.2, -0.15) is 0 Å². The summed E-state index contributed by atoms with van der Waals surface area (Å²) in [4.78, 5) is 24.3. The van der Waals surface area contributed by atoms with Crippen LogP contribution in [0.1, 0.15) is 37.7 Å². The lowest BCUT2D eigenvalue weighted by Crippen LogP contribution is -2.41. The fraction of sp³-hybridized carbons (Fsp3) is 0.571. The zero-order valence-electron chi connectivity index (χ0n) is 13.7. The summed E-state index contributed by atoms with van der Waals surface area (Å²) in [5, 5.41) is 0. The molecule has 0 bridgehead atoms. The highest BCUT2D eigenvalue weighted by atomic mass is 16.6. The molecule has 0 saturated heterocycles. The summed E-state index contributed by atoms with van der Waals surface area (Å²) in [6.07, 6.45) is 1.04. The number of esters is 2. The molecule has 0 aromatic carbocycles. The molecule has 4 nitrogen and oxygen atoms in total. The first-order chi connectivity index (χ1) is 9.73. The minimum Gasteiger partial charge on any atom is -0.465 e. The van der Waals surface area contributed by atoms with Crippen LogP contribution in [0.2, 0.25) is 0 Å². The molecule has 0 aliphatic heterocycles. The van der Waals surface area contributed by atoms with Crippen molar-refractivity contribution in [2.75, 3.05) is 13.2 Å². The van der Waals surface area contributed by atoms with E-state index in [4.69, 9.17) is 13.6 Å². The Morgan fingerprint density at radius 1 is 1.33 bits per heavy atom. The molecular weight excluding hydrogens is 232 g/mol. The van der Waals surface area contributed by atoms with E-state index in [-0.39, 0.29) is 26.1 Å². The average molecular weight is 255 g/mol. The van der Waals surface area contributed by atoms with Crippen LogP contribution in [0.4, 0.5) is 0 Å². The lowest BCUT2D eigenvalue weighted by molar-refractivity contribution is -0.171. The van der Waals surface area contributed by atoms with E-state index in [1.807, 2.05) is 5.92 Å². The molecule has 18 heavy (non-hydrogen) atoms. The van der Waals surface area contributed by atoms with E-state index in [0.29, 0.717) is 0 Å². The van der Waals surface area contributed by atoms with Gasteiger partial charge >= 0.3 is 11.9 Å². The van der Waals surface area contributed by atoms with Crippen molar-refractivity contribution in [2.24, 2.45) is 5.41 Å². The SMILES string of the molecule is [2H]C([2H])([2H])C#CCC(CC=C)(C(=O)OCC)C(=O)OCC. The molecular formula is C14H20O4. The molecule has 0 aromatic rings. The highest BCUT2D eigenvalue weighted by molar-refractivity contribution is 6.00. The minimum atomic E-state index is -2.46. The smallest absolute Gasteiger partial charge is 0.324 e. The van der Waals surface area contributed by atoms with Gasteiger partial charge < -0.3 is 9.47 Å². The van der Waals surface area contributed by atoms with Crippen LogP contribution < -0.4 is 0 Å². The van der Waals surface area contributed by atoms with E-state index < -0.39 is 24.2 Å². The largest absolute Gasteiger partial charge is 0.465 e. The van der Waals surface area contributed by atoms with Gasteiger partial charge in [0.05, 0.1) is 13.2 Å². The fourth-order valence-corrected chi connectivity index (χ4v) is 1.45. The molecule has 100 valence electrons. The summed E-state index contributed by atoms with van der Waals surface area (Å²) < 4.78 is 30.9. The predicted molar refractivity (Wildman–Crippen MR) is 68.6 cm³/mol. The topological polar surface area (TPSA) is 52.6 Å². The molecule has 0 unspecified atom stereocenters. The molecule has 4 heteroatoms. The zero-order chi connectivity index (χ0) is 16.5. The maximum absolute atomic E-state index is 12.1. The second-order valence-corrected chi connectivity index (χ2v) is 3.49. The first kappa shape index (κ1) is 11.3. The van der Waals surface area contributed by atoms with Gasteiger partial charge in [0.2, 0.25) is 0 Å². The Hall–Kier alpha value is -1.76. The van der Waals surface area contributed by atoms with E-state index in [1.54, 1.807) is 13.8 Å². The summed E-state index contributed by atoms with van der Waals surface area (Å²) >= 11 is 0. The van der Waals surface area contributed by atoms with Gasteiger partial charge in [-0.3, -0.25) is 9.59 Å². The average Bonchev–Trinajstić information content (AvgIpc) is 2.36. The van der Waals surface area contributed by atoms with Crippen LogP contribution in [0, 0.1) is 17.3 Å². The number of hydrogen-bond acceptors (Lipinski definition) is 4. The lowest BCUT2D eigenvalue weighted by atomic mass is 9.81. The van der Waals surface area contributed by atoms with E-state index in [9.17, 15) is 9.59 Å². The monoisotopic (exact) mass is 255 g/mol. The predicted octanol–water partition coefficient (Wildman–Crippen LogP) is 2.09. The molecule has 0 N–H and O–H groups in total. The quantitative estimate of drug-likeness (QED) is 0.302. The molecule has 0 spiro atoms.